The van der Waals surface area contributed by atoms with E-state index >= 15 is 0 Å². The van der Waals surface area contributed by atoms with Crippen LogP contribution in [0.3, 0.4) is 0 Å². The Morgan fingerprint density at radius 2 is 2.04 bits per heavy atom. The molecule has 7 nitrogen and oxygen atoms in total. The number of anilines is 2. The number of nitrogens with two attached hydrogens (primary N) is 1. The van der Waals surface area contributed by atoms with Crippen LogP contribution in [0.5, 0.6) is 0 Å². The third-order valence-corrected chi connectivity index (χ3v) is 5.88. The Morgan fingerprint density at radius 3 is 2.77 bits per heavy atom. The predicted octanol–water partition coefficient (Wildman–Crippen LogP) is 3.43. The molecule has 0 amide bonds. The summed E-state index contributed by atoms with van der Waals surface area (Å²) < 4.78 is 7.51. The van der Waals surface area contributed by atoms with Crippen molar-refractivity contribution in [2.45, 2.75) is 32.4 Å². The van der Waals surface area contributed by atoms with Crippen LogP contribution in [-0.4, -0.2) is 41.5 Å². The quantitative estimate of drug-likeness (QED) is 0.376. The van der Waals surface area contributed by atoms with Gasteiger partial charge in [-0.25, -0.2) is 9.67 Å². The van der Waals surface area contributed by atoms with Crippen molar-refractivity contribution < 1.29 is 4.74 Å². The van der Waals surface area contributed by atoms with Crippen LogP contribution >= 0.6 is 0 Å². The van der Waals surface area contributed by atoms with Crippen LogP contribution in [0.2, 0.25) is 25.7 Å². The van der Waals surface area contributed by atoms with E-state index in [-0.39, 0.29) is 0 Å². The fraction of sp³-hybridized carbons (Fsp3) is 0.389. The Labute approximate surface area is 154 Å². The van der Waals surface area contributed by atoms with Crippen LogP contribution in [0.25, 0.3) is 22.3 Å². The third-order valence-electron chi connectivity index (χ3n) is 4.17. The van der Waals surface area contributed by atoms with E-state index in [4.69, 9.17) is 10.5 Å². The summed E-state index contributed by atoms with van der Waals surface area (Å²) in [6.07, 6.45) is 5.44. The van der Waals surface area contributed by atoms with Crippen LogP contribution in [-0.2, 0) is 11.5 Å². The lowest BCUT2D eigenvalue weighted by molar-refractivity contribution is 0.0786. The monoisotopic (exact) mass is 370 g/mol. The molecule has 3 aromatic rings. The van der Waals surface area contributed by atoms with Gasteiger partial charge in [-0.05, 0) is 18.2 Å². The summed E-state index contributed by atoms with van der Waals surface area (Å²) in [5.74, 6) is 0. The summed E-state index contributed by atoms with van der Waals surface area (Å²) in [5, 5.41) is 7.42. The van der Waals surface area contributed by atoms with Gasteiger partial charge in [-0.3, -0.25) is 4.98 Å². The van der Waals surface area contributed by atoms with Crippen LogP contribution in [0.4, 0.5) is 11.4 Å². The average molecular weight is 371 g/mol. The molecular weight excluding hydrogens is 344 g/mol. The van der Waals surface area contributed by atoms with E-state index in [0.29, 0.717) is 17.9 Å². The molecule has 0 saturated carbocycles. The van der Waals surface area contributed by atoms with E-state index in [2.05, 4.69) is 40.0 Å². The summed E-state index contributed by atoms with van der Waals surface area (Å²) in [6.45, 7) is 8.23. The largest absolute Gasteiger partial charge is 0.395 e. The lowest BCUT2D eigenvalue weighted by Gasteiger charge is -2.15. The molecule has 0 radical (unpaired) electrons. The zero-order chi connectivity index (χ0) is 18.7. The van der Waals surface area contributed by atoms with Crippen LogP contribution in [0.1, 0.15) is 0 Å². The third kappa shape index (κ3) is 4.20. The lowest BCUT2D eigenvalue weighted by atomic mass is 10.2. The van der Waals surface area contributed by atoms with E-state index in [0.717, 1.165) is 35.1 Å². The molecule has 138 valence electrons. The highest BCUT2D eigenvalue weighted by atomic mass is 28.3. The minimum Gasteiger partial charge on any atom is -0.395 e. The maximum absolute atomic E-state index is 6.20. The topological polar surface area (TPSA) is 90.9 Å². The molecular formula is C18H26N6OSi. The van der Waals surface area contributed by atoms with Crippen molar-refractivity contribution in [3.05, 3.63) is 30.7 Å². The van der Waals surface area contributed by atoms with Gasteiger partial charge in [0.15, 0.2) is 0 Å². The SMILES string of the molecule is CNc1ccc2ncc(-c3cnn(COCC[Si](C)(C)C)c3)nc2c1N. The van der Waals surface area contributed by atoms with E-state index in [1.165, 1.54) is 0 Å². The zero-order valence-electron chi connectivity index (χ0n) is 15.8. The molecule has 0 spiro atoms. The number of fused-ring (bicyclic) bond motifs is 1. The summed E-state index contributed by atoms with van der Waals surface area (Å²) in [7, 11) is 0.762. The minimum absolute atomic E-state index is 0.442. The summed E-state index contributed by atoms with van der Waals surface area (Å²) in [5.41, 5.74) is 10.7. The van der Waals surface area contributed by atoms with Gasteiger partial charge >= 0.3 is 0 Å². The molecule has 0 aliphatic carbocycles. The maximum Gasteiger partial charge on any atom is 0.139 e. The van der Waals surface area contributed by atoms with Crippen molar-refractivity contribution in [1.82, 2.24) is 19.7 Å². The highest BCUT2D eigenvalue weighted by Crippen LogP contribution is 2.27. The molecule has 2 heterocycles. The number of benzene rings is 1. The Kier molecular flexibility index (Phi) is 5.24. The van der Waals surface area contributed by atoms with Gasteiger partial charge < -0.3 is 15.8 Å². The number of hydrogen-bond donors (Lipinski definition) is 2. The zero-order valence-corrected chi connectivity index (χ0v) is 16.8. The van der Waals surface area contributed by atoms with Crippen molar-refractivity contribution in [3.8, 4) is 11.3 Å². The van der Waals surface area contributed by atoms with Crippen molar-refractivity contribution in [2.24, 2.45) is 0 Å². The highest BCUT2D eigenvalue weighted by Gasteiger charge is 2.13. The minimum atomic E-state index is -1.07. The molecule has 1 aromatic carbocycles. The second-order valence-electron chi connectivity index (χ2n) is 7.52. The van der Waals surface area contributed by atoms with E-state index in [1.54, 1.807) is 17.1 Å². The van der Waals surface area contributed by atoms with Gasteiger partial charge in [0.05, 0.1) is 35.0 Å². The Morgan fingerprint density at radius 1 is 1.23 bits per heavy atom. The summed E-state index contributed by atoms with van der Waals surface area (Å²) in [4.78, 5) is 9.15. The highest BCUT2D eigenvalue weighted by molar-refractivity contribution is 6.76. The number of rotatable bonds is 7. The van der Waals surface area contributed by atoms with Crippen LogP contribution in [0, 0.1) is 0 Å². The fourth-order valence-corrected chi connectivity index (χ4v) is 3.31. The number of hydrogen-bond acceptors (Lipinski definition) is 6. The van der Waals surface area contributed by atoms with Crippen molar-refractivity contribution in [3.63, 3.8) is 0 Å². The first-order valence-electron chi connectivity index (χ1n) is 8.71. The predicted molar refractivity (Wildman–Crippen MR) is 109 cm³/mol. The van der Waals surface area contributed by atoms with Crippen molar-refractivity contribution in [2.75, 3.05) is 24.7 Å². The fourth-order valence-electron chi connectivity index (χ4n) is 2.56. The van der Waals surface area contributed by atoms with Gasteiger partial charge in [-0.1, -0.05) is 19.6 Å². The van der Waals surface area contributed by atoms with E-state index < -0.39 is 8.07 Å². The standard InChI is InChI=1S/C18H26N6OSi/c1-20-14-5-6-15-18(17(14)19)23-16(10-21-15)13-9-22-24(11-13)12-25-7-8-26(2,3)4/h5-6,9-11,20H,7-8,12,19H2,1-4H3. The molecule has 0 unspecified atom stereocenters. The van der Waals surface area contributed by atoms with Gasteiger partial charge in [0.25, 0.3) is 0 Å². The van der Waals surface area contributed by atoms with E-state index in [9.17, 15) is 0 Å². The Bertz CT molecular complexity index is 902. The molecule has 0 aliphatic rings. The molecule has 0 saturated heterocycles. The van der Waals surface area contributed by atoms with Gasteiger partial charge in [-0.2, -0.15) is 5.10 Å². The molecule has 0 fully saturated rings. The number of ether oxygens (including phenoxy) is 1. The average Bonchev–Trinajstić information content (AvgIpc) is 3.07. The molecule has 8 heteroatoms. The van der Waals surface area contributed by atoms with Gasteiger partial charge in [0, 0.05) is 33.5 Å². The first kappa shape index (κ1) is 18.3. The molecule has 0 atom stereocenters. The maximum atomic E-state index is 6.20. The molecule has 3 rings (SSSR count). The molecule has 0 bridgehead atoms. The lowest BCUT2D eigenvalue weighted by Crippen LogP contribution is -2.22. The number of nitrogens with zero attached hydrogens (tertiary/aromatic N) is 4. The van der Waals surface area contributed by atoms with Gasteiger partial charge in [-0.15, -0.1) is 0 Å². The van der Waals surface area contributed by atoms with Crippen LogP contribution in [0.15, 0.2) is 30.7 Å². The van der Waals surface area contributed by atoms with Gasteiger partial charge in [0.2, 0.25) is 0 Å². The Balaban J connectivity index is 1.75. The summed E-state index contributed by atoms with van der Waals surface area (Å²) in [6, 6.07) is 4.95. The smallest absolute Gasteiger partial charge is 0.139 e. The number of nitrogens with one attached hydrogen (secondary N) is 1. The molecule has 3 N–H and O–H groups in total. The molecule has 2 aromatic heterocycles. The molecule has 26 heavy (non-hydrogen) atoms. The second kappa shape index (κ2) is 7.43. The second-order valence-corrected chi connectivity index (χ2v) is 13.1. The number of nitrogen functional groups attached to an aromatic ring is 1. The Hall–Kier alpha value is -2.45. The first-order valence-corrected chi connectivity index (χ1v) is 12.4. The van der Waals surface area contributed by atoms with Crippen molar-refractivity contribution >= 4 is 30.5 Å². The molecule has 0 aliphatic heterocycles. The van der Waals surface area contributed by atoms with E-state index in [1.807, 2.05) is 25.4 Å². The summed E-state index contributed by atoms with van der Waals surface area (Å²) >= 11 is 0. The van der Waals surface area contributed by atoms with Crippen LogP contribution < -0.4 is 11.1 Å². The number of aromatic nitrogens is 4. The van der Waals surface area contributed by atoms with Gasteiger partial charge in [0.1, 0.15) is 12.2 Å². The normalized spacial score (nSPS) is 11.8. The van der Waals surface area contributed by atoms with Crippen molar-refractivity contribution in [1.29, 1.82) is 0 Å². The first-order chi connectivity index (χ1) is 12.4.